The summed E-state index contributed by atoms with van der Waals surface area (Å²) in [4.78, 5) is 0. The number of hydrogen-bond donors (Lipinski definition) is 0. The van der Waals surface area contributed by atoms with E-state index < -0.39 is 0 Å². The first-order valence-electron chi connectivity index (χ1n) is 11.2. The van der Waals surface area contributed by atoms with Crippen molar-refractivity contribution in [2.24, 2.45) is 11.8 Å². The lowest BCUT2D eigenvalue weighted by atomic mass is 9.78. The van der Waals surface area contributed by atoms with Crippen LogP contribution < -0.4 is 0 Å². The van der Waals surface area contributed by atoms with Crippen LogP contribution >= 0.6 is 0 Å². The highest BCUT2D eigenvalue weighted by molar-refractivity contribution is 5.63. The molecule has 1 aliphatic rings. The van der Waals surface area contributed by atoms with E-state index in [0.29, 0.717) is 6.61 Å². The lowest BCUT2D eigenvalue weighted by Gasteiger charge is -2.27. The maximum Gasteiger partial charge on any atom is 0.0716 e. The van der Waals surface area contributed by atoms with Crippen molar-refractivity contribution in [2.45, 2.75) is 64.9 Å². The van der Waals surface area contributed by atoms with Crippen LogP contribution in [0.5, 0.6) is 0 Å². The molecule has 1 aliphatic carbocycles. The molecule has 2 aromatic carbocycles. The fourth-order valence-corrected chi connectivity index (χ4v) is 4.35. The molecule has 0 spiro atoms. The van der Waals surface area contributed by atoms with Crippen LogP contribution in [-0.4, -0.2) is 6.61 Å². The third-order valence-electron chi connectivity index (χ3n) is 6.17. The Labute approximate surface area is 171 Å². The van der Waals surface area contributed by atoms with Crippen molar-refractivity contribution < 1.29 is 4.74 Å². The van der Waals surface area contributed by atoms with E-state index in [-0.39, 0.29) is 0 Å². The van der Waals surface area contributed by atoms with Gasteiger partial charge >= 0.3 is 0 Å². The van der Waals surface area contributed by atoms with Gasteiger partial charge in [-0.3, -0.25) is 0 Å². The number of aryl methyl sites for hydroxylation is 1. The molecule has 150 valence electrons. The first-order valence-corrected chi connectivity index (χ1v) is 11.2. The Bertz CT molecular complexity index is 690. The smallest absolute Gasteiger partial charge is 0.0716 e. The monoisotopic (exact) mass is 376 g/mol. The molecule has 0 bridgehead atoms. The summed E-state index contributed by atoms with van der Waals surface area (Å²) in [5.74, 6) is 1.82. The summed E-state index contributed by atoms with van der Waals surface area (Å²) < 4.78 is 5.62. The Hall–Kier alpha value is -1.86. The summed E-state index contributed by atoms with van der Waals surface area (Å²) in [5, 5.41) is 0. The molecule has 0 aromatic heterocycles. The van der Waals surface area contributed by atoms with Gasteiger partial charge in [0.25, 0.3) is 0 Å². The SMILES string of the molecule is C=CC[C@H]1CC[C@H](CCc2ccc(-c3ccc(COCCC)cc3)cc2)CC1. The van der Waals surface area contributed by atoms with Crippen LogP contribution in [0, 0.1) is 11.8 Å². The Kier molecular flexibility index (Phi) is 8.36. The quantitative estimate of drug-likeness (QED) is 0.306. The van der Waals surface area contributed by atoms with Crippen LogP contribution in [0.25, 0.3) is 11.1 Å². The molecule has 0 saturated heterocycles. The molecular formula is C27H36O. The van der Waals surface area contributed by atoms with Gasteiger partial charge in [0.05, 0.1) is 6.61 Å². The highest BCUT2D eigenvalue weighted by atomic mass is 16.5. The minimum atomic E-state index is 0.711. The van der Waals surface area contributed by atoms with Gasteiger partial charge in [0.15, 0.2) is 0 Å². The lowest BCUT2D eigenvalue weighted by molar-refractivity contribution is 0.121. The van der Waals surface area contributed by atoms with Crippen LogP contribution in [0.1, 0.15) is 63.0 Å². The Morgan fingerprint density at radius 3 is 2.00 bits per heavy atom. The van der Waals surface area contributed by atoms with Crippen molar-refractivity contribution in [2.75, 3.05) is 6.61 Å². The van der Waals surface area contributed by atoms with Gasteiger partial charge < -0.3 is 4.74 Å². The van der Waals surface area contributed by atoms with Gasteiger partial charge in [-0.2, -0.15) is 0 Å². The van der Waals surface area contributed by atoms with Gasteiger partial charge in [-0.15, -0.1) is 6.58 Å². The number of rotatable bonds is 10. The van der Waals surface area contributed by atoms with Crippen LogP contribution in [0.4, 0.5) is 0 Å². The van der Waals surface area contributed by atoms with E-state index >= 15 is 0 Å². The van der Waals surface area contributed by atoms with Gasteiger partial charge in [0.1, 0.15) is 0 Å². The minimum Gasteiger partial charge on any atom is -0.377 e. The van der Waals surface area contributed by atoms with Crippen LogP contribution in [-0.2, 0) is 17.8 Å². The second-order valence-corrected chi connectivity index (χ2v) is 8.40. The third kappa shape index (κ3) is 6.34. The van der Waals surface area contributed by atoms with Crippen LogP contribution in [0.15, 0.2) is 61.2 Å². The second kappa shape index (κ2) is 11.2. The molecule has 0 heterocycles. The molecule has 3 rings (SSSR count). The largest absolute Gasteiger partial charge is 0.377 e. The molecule has 1 fully saturated rings. The summed E-state index contributed by atoms with van der Waals surface area (Å²) in [5.41, 5.74) is 5.30. The van der Waals surface area contributed by atoms with E-state index in [2.05, 4.69) is 68.1 Å². The number of allylic oxidation sites excluding steroid dienone is 1. The van der Waals surface area contributed by atoms with Crippen molar-refractivity contribution in [3.05, 3.63) is 72.3 Å². The van der Waals surface area contributed by atoms with Crippen LogP contribution in [0.3, 0.4) is 0 Å². The lowest BCUT2D eigenvalue weighted by Crippen LogP contribution is -2.14. The van der Waals surface area contributed by atoms with Gasteiger partial charge in [-0.1, -0.05) is 74.4 Å². The minimum absolute atomic E-state index is 0.711. The molecule has 1 nitrogen and oxygen atoms in total. The standard InChI is InChI=1S/C27H36O/c1-3-5-22-6-8-23(9-7-22)10-11-24-12-16-26(17-13-24)27-18-14-25(15-19-27)21-28-20-4-2/h3,12-19,22-23H,1,4-11,20-21H2,2H3/t22-,23-. The first kappa shape index (κ1) is 20.9. The van der Waals surface area contributed by atoms with Gasteiger partial charge in [-0.05, 0) is 72.6 Å². The molecular weight excluding hydrogens is 340 g/mol. The molecule has 28 heavy (non-hydrogen) atoms. The van der Waals surface area contributed by atoms with Gasteiger partial charge in [-0.25, -0.2) is 0 Å². The van der Waals surface area contributed by atoms with E-state index in [1.807, 2.05) is 0 Å². The average molecular weight is 377 g/mol. The predicted octanol–water partition coefficient (Wildman–Crippen LogP) is 7.60. The molecule has 0 unspecified atom stereocenters. The zero-order chi connectivity index (χ0) is 19.6. The van der Waals surface area contributed by atoms with E-state index in [1.54, 1.807) is 0 Å². The molecule has 1 heteroatoms. The maximum absolute atomic E-state index is 5.62. The Morgan fingerprint density at radius 2 is 1.43 bits per heavy atom. The molecule has 0 aliphatic heterocycles. The summed E-state index contributed by atoms with van der Waals surface area (Å²) in [7, 11) is 0. The topological polar surface area (TPSA) is 9.23 Å². The fourth-order valence-electron chi connectivity index (χ4n) is 4.35. The predicted molar refractivity (Wildman–Crippen MR) is 120 cm³/mol. The van der Waals surface area contributed by atoms with Gasteiger partial charge in [0, 0.05) is 6.61 Å². The van der Waals surface area contributed by atoms with Crippen molar-refractivity contribution in [1.29, 1.82) is 0 Å². The molecule has 1 saturated carbocycles. The third-order valence-corrected chi connectivity index (χ3v) is 6.17. The normalized spacial score (nSPS) is 19.5. The first-order chi connectivity index (χ1) is 13.8. The average Bonchev–Trinajstić information content (AvgIpc) is 2.75. The second-order valence-electron chi connectivity index (χ2n) is 8.40. The van der Waals surface area contributed by atoms with Crippen molar-refractivity contribution in [3.8, 4) is 11.1 Å². The Morgan fingerprint density at radius 1 is 0.857 bits per heavy atom. The maximum atomic E-state index is 5.62. The van der Waals surface area contributed by atoms with Crippen molar-refractivity contribution in [3.63, 3.8) is 0 Å². The van der Waals surface area contributed by atoms with Crippen molar-refractivity contribution in [1.82, 2.24) is 0 Å². The number of ether oxygens (including phenoxy) is 1. The zero-order valence-electron chi connectivity index (χ0n) is 17.5. The highest BCUT2D eigenvalue weighted by Gasteiger charge is 2.19. The van der Waals surface area contributed by atoms with Crippen molar-refractivity contribution >= 4 is 0 Å². The number of benzene rings is 2. The summed E-state index contributed by atoms with van der Waals surface area (Å²) in [6.45, 7) is 7.58. The summed E-state index contributed by atoms with van der Waals surface area (Å²) in [6.07, 6.45) is 12.5. The Balaban J connectivity index is 1.46. The van der Waals surface area contributed by atoms with Crippen LogP contribution in [0.2, 0.25) is 0 Å². The van der Waals surface area contributed by atoms with E-state index in [4.69, 9.17) is 4.74 Å². The molecule has 0 N–H and O–H groups in total. The highest BCUT2D eigenvalue weighted by Crippen LogP contribution is 2.33. The molecule has 0 atom stereocenters. The number of hydrogen-bond acceptors (Lipinski definition) is 1. The summed E-state index contributed by atoms with van der Waals surface area (Å²) in [6, 6.07) is 18.0. The van der Waals surface area contributed by atoms with E-state index in [1.165, 1.54) is 67.2 Å². The molecule has 0 radical (unpaired) electrons. The molecule has 2 aromatic rings. The van der Waals surface area contributed by atoms with E-state index in [9.17, 15) is 0 Å². The fraction of sp³-hybridized carbons (Fsp3) is 0.481. The van der Waals surface area contributed by atoms with E-state index in [0.717, 1.165) is 24.9 Å². The summed E-state index contributed by atoms with van der Waals surface area (Å²) >= 11 is 0. The zero-order valence-corrected chi connectivity index (χ0v) is 17.5. The molecule has 0 amide bonds. The van der Waals surface area contributed by atoms with Gasteiger partial charge in [0.2, 0.25) is 0 Å².